The van der Waals surface area contributed by atoms with E-state index < -0.39 is 0 Å². The molecule has 1 aromatic carbocycles. The van der Waals surface area contributed by atoms with E-state index in [4.69, 9.17) is 0 Å². The normalized spacial score (nSPS) is 24.5. The van der Waals surface area contributed by atoms with Crippen LogP contribution in [0.5, 0.6) is 0 Å². The fraction of sp³-hybridized carbons (Fsp3) is 0.417. The van der Waals surface area contributed by atoms with Gasteiger partial charge in [0, 0.05) is 12.6 Å². The van der Waals surface area contributed by atoms with Crippen LogP contribution >= 0.6 is 0 Å². The highest BCUT2D eigenvalue weighted by Gasteiger charge is 2.31. The zero-order valence-corrected chi connectivity index (χ0v) is 10.2. The number of tetrazole rings is 1. The lowest BCUT2D eigenvalue weighted by Crippen LogP contribution is -2.29. The zero-order valence-electron chi connectivity index (χ0n) is 10.2. The summed E-state index contributed by atoms with van der Waals surface area (Å²) < 4.78 is 0. The van der Waals surface area contributed by atoms with Gasteiger partial charge in [0.15, 0.2) is 5.82 Å². The van der Waals surface area contributed by atoms with Crippen LogP contribution in [0.1, 0.15) is 17.6 Å². The fourth-order valence-corrected chi connectivity index (χ4v) is 2.45. The second kappa shape index (κ2) is 4.83. The smallest absolute Gasteiger partial charge is 0.180 e. The Balaban J connectivity index is 1.67. The third-order valence-electron chi connectivity index (χ3n) is 3.29. The molecular weight excluding hydrogens is 228 g/mol. The highest BCUT2D eigenvalue weighted by Crippen LogP contribution is 2.20. The first kappa shape index (κ1) is 11.3. The van der Waals surface area contributed by atoms with Crippen molar-refractivity contribution in [1.29, 1.82) is 0 Å². The van der Waals surface area contributed by atoms with Crippen LogP contribution in [0, 0.1) is 0 Å². The molecule has 1 saturated heterocycles. The molecule has 18 heavy (non-hydrogen) atoms. The molecule has 0 aliphatic carbocycles. The lowest BCUT2D eigenvalue weighted by molar-refractivity contribution is 0.289. The number of H-pyrrole nitrogens is 1. The predicted octanol–water partition coefficient (Wildman–Crippen LogP) is 0.345. The van der Waals surface area contributed by atoms with Gasteiger partial charge >= 0.3 is 0 Å². The average Bonchev–Trinajstić information content (AvgIpc) is 3.00. The summed E-state index contributed by atoms with van der Waals surface area (Å²) in [4.78, 5) is 2.22. The minimum Gasteiger partial charge on any atom is -0.291 e. The van der Waals surface area contributed by atoms with Gasteiger partial charge in [0.2, 0.25) is 0 Å². The summed E-state index contributed by atoms with van der Waals surface area (Å²) in [6.07, 6.45) is 1.09. The van der Waals surface area contributed by atoms with E-state index in [1.165, 1.54) is 5.56 Å². The SMILES string of the molecule is CN1C[C@H](Cc2ccccc2)NC1c1nnn[nH]1. The molecule has 3 rings (SSSR count). The molecule has 0 amide bonds. The van der Waals surface area contributed by atoms with Crippen molar-refractivity contribution >= 4 is 0 Å². The number of hydrogen-bond acceptors (Lipinski definition) is 5. The molecule has 2 aromatic rings. The number of nitrogens with one attached hydrogen (secondary N) is 2. The second-order valence-electron chi connectivity index (χ2n) is 4.68. The predicted molar refractivity (Wildman–Crippen MR) is 66.6 cm³/mol. The summed E-state index contributed by atoms with van der Waals surface area (Å²) in [5.74, 6) is 0.771. The summed E-state index contributed by atoms with van der Waals surface area (Å²) in [6, 6.07) is 10.9. The number of rotatable bonds is 3. The lowest BCUT2D eigenvalue weighted by atomic mass is 10.1. The van der Waals surface area contributed by atoms with Crippen molar-refractivity contribution in [2.75, 3.05) is 13.6 Å². The molecule has 0 saturated carbocycles. The van der Waals surface area contributed by atoms with Crippen molar-refractivity contribution < 1.29 is 0 Å². The fourth-order valence-electron chi connectivity index (χ4n) is 2.45. The summed E-state index contributed by atoms with van der Waals surface area (Å²) in [5, 5.41) is 17.6. The molecule has 6 nitrogen and oxygen atoms in total. The van der Waals surface area contributed by atoms with Gasteiger partial charge < -0.3 is 0 Å². The van der Waals surface area contributed by atoms with Gasteiger partial charge in [-0.1, -0.05) is 30.3 Å². The number of aromatic nitrogens is 4. The van der Waals surface area contributed by atoms with Crippen molar-refractivity contribution in [3.8, 4) is 0 Å². The highest BCUT2D eigenvalue weighted by atomic mass is 15.5. The van der Waals surface area contributed by atoms with E-state index in [-0.39, 0.29) is 6.17 Å². The quantitative estimate of drug-likeness (QED) is 0.815. The van der Waals surface area contributed by atoms with Crippen LogP contribution in [-0.4, -0.2) is 45.2 Å². The van der Waals surface area contributed by atoms with Crippen LogP contribution in [0.4, 0.5) is 0 Å². The molecule has 94 valence electrons. The molecule has 1 aliphatic heterocycles. The number of hydrogen-bond donors (Lipinski definition) is 2. The van der Waals surface area contributed by atoms with Gasteiger partial charge in [-0.25, -0.2) is 5.10 Å². The van der Waals surface area contributed by atoms with Gasteiger partial charge in [-0.15, -0.1) is 5.10 Å². The second-order valence-corrected chi connectivity index (χ2v) is 4.68. The summed E-state index contributed by atoms with van der Waals surface area (Å²) in [7, 11) is 2.07. The van der Waals surface area contributed by atoms with Crippen LogP contribution in [0.3, 0.4) is 0 Å². The van der Waals surface area contributed by atoms with Gasteiger partial charge in [-0.2, -0.15) is 0 Å². The maximum absolute atomic E-state index is 3.97. The van der Waals surface area contributed by atoms with E-state index in [1.807, 2.05) is 6.07 Å². The van der Waals surface area contributed by atoms with Crippen molar-refractivity contribution in [3.05, 3.63) is 41.7 Å². The molecule has 2 atom stereocenters. The van der Waals surface area contributed by atoms with Crippen molar-refractivity contribution in [2.24, 2.45) is 0 Å². The van der Waals surface area contributed by atoms with E-state index >= 15 is 0 Å². The molecule has 0 radical (unpaired) electrons. The van der Waals surface area contributed by atoms with E-state index in [9.17, 15) is 0 Å². The summed E-state index contributed by atoms with van der Waals surface area (Å²) >= 11 is 0. The molecule has 0 spiro atoms. The van der Waals surface area contributed by atoms with Crippen LogP contribution in [-0.2, 0) is 6.42 Å². The Hall–Kier alpha value is -1.79. The molecule has 1 aromatic heterocycles. The Kier molecular flexibility index (Phi) is 3.04. The molecule has 6 heteroatoms. The van der Waals surface area contributed by atoms with Gasteiger partial charge in [0.1, 0.15) is 6.17 Å². The third kappa shape index (κ3) is 2.25. The van der Waals surface area contributed by atoms with Crippen molar-refractivity contribution in [2.45, 2.75) is 18.6 Å². The Morgan fingerprint density at radius 3 is 2.89 bits per heavy atom. The number of aromatic amines is 1. The van der Waals surface area contributed by atoms with Gasteiger partial charge in [-0.05, 0) is 29.5 Å². The maximum atomic E-state index is 3.97. The van der Waals surface area contributed by atoms with Crippen LogP contribution in [0.15, 0.2) is 30.3 Å². The first-order valence-corrected chi connectivity index (χ1v) is 6.07. The van der Waals surface area contributed by atoms with Crippen molar-refractivity contribution in [3.63, 3.8) is 0 Å². The van der Waals surface area contributed by atoms with E-state index in [0.717, 1.165) is 18.8 Å². The first-order chi connectivity index (χ1) is 8.83. The Morgan fingerprint density at radius 2 is 2.17 bits per heavy atom. The minimum absolute atomic E-state index is 0.0775. The molecule has 1 unspecified atom stereocenters. The van der Waals surface area contributed by atoms with Crippen LogP contribution in [0.25, 0.3) is 0 Å². The van der Waals surface area contributed by atoms with Crippen LogP contribution in [0.2, 0.25) is 0 Å². The monoisotopic (exact) mass is 244 g/mol. The summed E-state index contributed by atoms with van der Waals surface area (Å²) in [5.41, 5.74) is 1.35. The Labute approximate surface area is 105 Å². The summed E-state index contributed by atoms with van der Waals surface area (Å²) in [6.45, 7) is 0.986. The number of benzene rings is 1. The highest BCUT2D eigenvalue weighted by molar-refractivity contribution is 5.16. The van der Waals surface area contributed by atoms with Gasteiger partial charge in [0.05, 0.1) is 0 Å². The lowest BCUT2D eigenvalue weighted by Gasteiger charge is -2.14. The topological polar surface area (TPSA) is 69.7 Å². The zero-order chi connectivity index (χ0) is 12.4. The Bertz CT molecular complexity index is 483. The third-order valence-corrected chi connectivity index (χ3v) is 3.29. The Morgan fingerprint density at radius 1 is 1.33 bits per heavy atom. The van der Waals surface area contributed by atoms with E-state index in [0.29, 0.717) is 6.04 Å². The van der Waals surface area contributed by atoms with E-state index in [2.05, 4.69) is 62.2 Å². The standard InChI is InChI=1S/C12H16N6/c1-18-8-10(7-9-5-3-2-4-6-9)13-12(18)11-14-16-17-15-11/h2-6,10,12-13H,7-8H2,1H3,(H,14,15,16,17)/t10-,12?/m0/s1. The molecular formula is C12H16N6. The molecule has 0 bridgehead atoms. The van der Waals surface area contributed by atoms with Gasteiger partial charge in [0.25, 0.3) is 0 Å². The molecule has 1 fully saturated rings. The largest absolute Gasteiger partial charge is 0.291 e. The molecule has 2 heterocycles. The number of likely N-dealkylation sites (N-methyl/N-ethyl adjacent to an activating group) is 1. The minimum atomic E-state index is 0.0775. The number of nitrogens with zero attached hydrogens (tertiary/aromatic N) is 4. The maximum Gasteiger partial charge on any atom is 0.180 e. The van der Waals surface area contributed by atoms with E-state index in [1.54, 1.807) is 0 Å². The average molecular weight is 244 g/mol. The van der Waals surface area contributed by atoms with Crippen LogP contribution < -0.4 is 5.32 Å². The van der Waals surface area contributed by atoms with Crippen molar-refractivity contribution in [1.82, 2.24) is 30.8 Å². The molecule has 2 N–H and O–H groups in total. The van der Waals surface area contributed by atoms with Gasteiger partial charge in [-0.3, -0.25) is 10.2 Å². The molecule has 1 aliphatic rings. The first-order valence-electron chi connectivity index (χ1n) is 6.07.